The average molecular weight is 1490 g/mol. The molecule has 0 amide bonds. The van der Waals surface area contributed by atoms with Crippen LogP contribution in [0.4, 0.5) is 0 Å². The summed E-state index contributed by atoms with van der Waals surface area (Å²) in [6, 6.07) is 0. The quantitative estimate of drug-likeness (QED) is 0.0146. The minimum Gasteiger partial charge on any atom is -0.463 e. The van der Waals surface area contributed by atoms with Crippen LogP contribution in [0.1, 0.15) is 355 Å². The standard InChI is InChI=1S/C85H150O16P2/c1-4-7-10-13-16-19-22-25-28-30-32-33-34-35-36-37-38-39-40-41-42-43-44-45-47-49-51-53-56-59-62-65-68-71-83(88)95-74-80(86)75-97-102(91,92)98-76-81(87)77-99-103(93,94)100-79-82(101-85(90)73-70-67-64-61-58-55-50-27-24-21-18-15-12-9-6-3)78-96-84(89)72-69-66-63-60-57-54-52-48-46-31-29-26-23-20-17-14-11-8-5-2/h8,11,16-17,19-20,25-29,32-33,35-36,46,48,50,80-82,86-87H,4-7,9-10,12-15,18,21-24,30-31,34,37-45,47,49,51-79H2,1-3H3,(H,91,92)(H,93,94)/b11-8-,19-16-,20-17-,28-25-,29-26-,33-32-,36-35-,48-46-,50-27-. The van der Waals surface area contributed by atoms with Crippen molar-refractivity contribution >= 4 is 33.6 Å². The van der Waals surface area contributed by atoms with Crippen LogP contribution in [0.25, 0.3) is 0 Å². The van der Waals surface area contributed by atoms with Crippen LogP contribution in [0.15, 0.2) is 109 Å². The van der Waals surface area contributed by atoms with Crippen molar-refractivity contribution in [2.75, 3.05) is 39.6 Å². The maximum Gasteiger partial charge on any atom is 0.472 e. The predicted octanol–water partition coefficient (Wildman–Crippen LogP) is 24.3. The van der Waals surface area contributed by atoms with Crippen molar-refractivity contribution in [3.8, 4) is 0 Å². The van der Waals surface area contributed by atoms with Gasteiger partial charge in [0.25, 0.3) is 0 Å². The van der Waals surface area contributed by atoms with Gasteiger partial charge in [-0.2, -0.15) is 0 Å². The summed E-state index contributed by atoms with van der Waals surface area (Å²) in [4.78, 5) is 58.7. The average Bonchev–Trinajstić information content (AvgIpc) is 0.917. The topological polar surface area (TPSA) is 231 Å². The number of allylic oxidation sites excluding steroid dienone is 18. The molecule has 0 aromatic carbocycles. The van der Waals surface area contributed by atoms with Crippen LogP contribution in [0.2, 0.25) is 0 Å². The largest absolute Gasteiger partial charge is 0.472 e. The fraction of sp³-hybridized carbons (Fsp3) is 0.753. The van der Waals surface area contributed by atoms with Gasteiger partial charge in [-0.05, 0) is 128 Å². The number of carbonyl (C=O) groups excluding carboxylic acids is 3. The van der Waals surface area contributed by atoms with Gasteiger partial charge in [0.15, 0.2) is 6.10 Å². The highest BCUT2D eigenvalue weighted by Gasteiger charge is 2.29. The predicted molar refractivity (Wildman–Crippen MR) is 427 cm³/mol. The molecule has 0 heterocycles. The first-order valence-electron chi connectivity index (χ1n) is 41.2. The lowest BCUT2D eigenvalue weighted by Crippen LogP contribution is -2.30. The van der Waals surface area contributed by atoms with Crippen molar-refractivity contribution in [3.63, 3.8) is 0 Å². The SMILES string of the molecule is CC/C=C\C/C=C\C/C=C\C/C=C\CCCCCCCCC(=O)OCC(COP(=O)(O)OCC(O)COP(=O)(O)OCC(O)COC(=O)CCCCCCCCCCCCCCCCCCC/C=C\C/C=C\C/C=C\C/C=C\CCCCC)OC(=O)CCCCCCC/C=C\CCCCCCCC. The molecule has 0 aliphatic carbocycles. The van der Waals surface area contributed by atoms with Crippen LogP contribution >= 0.6 is 15.6 Å². The van der Waals surface area contributed by atoms with E-state index in [0.29, 0.717) is 19.3 Å². The Morgan fingerprint density at radius 3 is 0.845 bits per heavy atom. The molecule has 0 aromatic heterocycles. The highest BCUT2D eigenvalue weighted by Crippen LogP contribution is 2.45. The highest BCUT2D eigenvalue weighted by atomic mass is 31.2. The summed E-state index contributed by atoms with van der Waals surface area (Å²) >= 11 is 0. The minimum atomic E-state index is -4.93. The van der Waals surface area contributed by atoms with Crippen LogP contribution in [0, 0.1) is 0 Å². The molecule has 596 valence electrons. The van der Waals surface area contributed by atoms with Gasteiger partial charge >= 0.3 is 33.6 Å². The van der Waals surface area contributed by atoms with Gasteiger partial charge in [0, 0.05) is 19.3 Å². The number of aliphatic hydroxyl groups is 2. The smallest absolute Gasteiger partial charge is 0.463 e. The first kappa shape index (κ1) is 99.2. The van der Waals surface area contributed by atoms with Crippen molar-refractivity contribution < 1.29 is 75.8 Å². The zero-order valence-electron chi connectivity index (χ0n) is 65.2. The van der Waals surface area contributed by atoms with Gasteiger partial charge < -0.3 is 34.2 Å². The van der Waals surface area contributed by atoms with Crippen LogP contribution in [-0.2, 0) is 55.8 Å². The monoisotopic (exact) mass is 1490 g/mol. The van der Waals surface area contributed by atoms with E-state index >= 15 is 0 Å². The van der Waals surface area contributed by atoms with E-state index < -0.39 is 91.5 Å². The van der Waals surface area contributed by atoms with E-state index in [1.807, 2.05) is 0 Å². The third-order valence-corrected chi connectivity index (χ3v) is 19.4. The second-order valence-corrected chi connectivity index (χ2v) is 30.4. The Kier molecular flexibility index (Phi) is 74.9. The van der Waals surface area contributed by atoms with E-state index in [2.05, 4.69) is 130 Å². The Morgan fingerprint density at radius 1 is 0.282 bits per heavy atom. The maximum atomic E-state index is 13.0. The molecule has 0 saturated heterocycles. The first-order chi connectivity index (χ1) is 50.2. The zero-order valence-corrected chi connectivity index (χ0v) is 67.0. The molecule has 0 rings (SSSR count). The van der Waals surface area contributed by atoms with Crippen molar-refractivity contribution in [2.45, 2.75) is 373 Å². The second-order valence-electron chi connectivity index (χ2n) is 27.5. The van der Waals surface area contributed by atoms with E-state index in [0.717, 1.165) is 141 Å². The molecule has 5 unspecified atom stereocenters. The van der Waals surface area contributed by atoms with Gasteiger partial charge in [0.2, 0.25) is 0 Å². The number of ether oxygens (including phenoxy) is 3. The number of carbonyl (C=O) groups is 3. The number of hydrogen-bond acceptors (Lipinski definition) is 14. The summed E-state index contributed by atoms with van der Waals surface area (Å²) in [5.41, 5.74) is 0. The molecule has 0 aromatic rings. The number of hydrogen-bond donors (Lipinski definition) is 4. The Morgan fingerprint density at radius 2 is 0.515 bits per heavy atom. The number of rotatable bonds is 78. The Hall–Kier alpha value is -3.79. The van der Waals surface area contributed by atoms with Crippen LogP contribution in [-0.4, -0.2) is 95.9 Å². The summed E-state index contributed by atoms with van der Waals surface area (Å²) in [6.07, 6.45) is 91.5. The van der Waals surface area contributed by atoms with E-state index in [4.69, 9.17) is 32.3 Å². The molecule has 0 bridgehead atoms. The number of esters is 3. The number of phosphoric ester groups is 2. The Balaban J connectivity index is 4.43. The number of aliphatic hydroxyl groups excluding tert-OH is 2. The summed E-state index contributed by atoms with van der Waals surface area (Å²) in [5.74, 6) is -1.59. The van der Waals surface area contributed by atoms with Gasteiger partial charge in [-0.1, -0.05) is 316 Å². The fourth-order valence-electron chi connectivity index (χ4n) is 11.2. The van der Waals surface area contributed by atoms with E-state index in [1.165, 1.54) is 154 Å². The molecule has 0 saturated carbocycles. The summed E-state index contributed by atoms with van der Waals surface area (Å²) in [6.45, 7) is 2.54. The van der Waals surface area contributed by atoms with Crippen LogP contribution in [0.3, 0.4) is 0 Å². The minimum absolute atomic E-state index is 0.0913. The lowest BCUT2D eigenvalue weighted by atomic mass is 10.0. The van der Waals surface area contributed by atoms with Crippen molar-refractivity contribution in [3.05, 3.63) is 109 Å². The van der Waals surface area contributed by atoms with Crippen molar-refractivity contribution in [1.29, 1.82) is 0 Å². The summed E-state index contributed by atoms with van der Waals surface area (Å²) < 4.78 is 61.2. The second kappa shape index (κ2) is 77.8. The van der Waals surface area contributed by atoms with Gasteiger partial charge in [-0.3, -0.25) is 32.5 Å². The van der Waals surface area contributed by atoms with E-state index in [-0.39, 0.29) is 19.3 Å². The summed E-state index contributed by atoms with van der Waals surface area (Å²) in [5, 5.41) is 20.7. The molecule has 0 radical (unpaired) electrons. The number of unbranched alkanes of at least 4 members (excludes halogenated alkanes) is 37. The normalized spacial score (nSPS) is 14.5. The Labute approximate surface area is 628 Å². The molecular weight excluding hydrogens is 1340 g/mol. The number of phosphoric acid groups is 2. The van der Waals surface area contributed by atoms with Crippen molar-refractivity contribution in [2.24, 2.45) is 0 Å². The van der Waals surface area contributed by atoms with E-state index in [1.54, 1.807) is 0 Å². The molecule has 16 nitrogen and oxygen atoms in total. The molecule has 103 heavy (non-hydrogen) atoms. The maximum absolute atomic E-state index is 13.0. The zero-order chi connectivity index (χ0) is 75.2. The van der Waals surface area contributed by atoms with Gasteiger partial charge in [0.1, 0.15) is 25.4 Å². The lowest BCUT2D eigenvalue weighted by Gasteiger charge is -2.21. The molecular formula is C85H150O16P2. The molecule has 5 atom stereocenters. The molecule has 18 heteroatoms. The highest BCUT2D eigenvalue weighted by molar-refractivity contribution is 7.47. The third kappa shape index (κ3) is 79.1. The molecule has 0 aliphatic heterocycles. The van der Waals surface area contributed by atoms with Gasteiger partial charge in [0.05, 0.1) is 26.4 Å². The van der Waals surface area contributed by atoms with E-state index in [9.17, 15) is 43.5 Å². The van der Waals surface area contributed by atoms with Gasteiger partial charge in [-0.15, -0.1) is 0 Å². The van der Waals surface area contributed by atoms with Crippen LogP contribution in [0.5, 0.6) is 0 Å². The van der Waals surface area contributed by atoms with Gasteiger partial charge in [-0.25, -0.2) is 9.13 Å². The fourth-order valence-corrected chi connectivity index (χ4v) is 12.8. The van der Waals surface area contributed by atoms with Crippen molar-refractivity contribution in [1.82, 2.24) is 0 Å². The molecule has 4 N–H and O–H groups in total. The molecule has 0 spiro atoms. The molecule has 0 fully saturated rings. The Bertz CT molecular complexity index is 2310. The van der Waals surface area contributed by atoms with Crippen LogP contribution < -0.4 is 0 Å². The summed E-state index contributed by atoms with van der Waals surface area (Å²) in [7, 11) is -9.79. The first-order valence-corrected chi connectivity index (χ1v) is 44.2. The molecule has 0 aliphatic rings. The lowest BCUT2D eigenvalue weighted by molar-refractivity contribution is -0.161. The third-order valence-electron chi connectivity index (χ3n) is 17.5.